The molecule has 27 heavy (non-hydrogen) atoms. The molecule has 0 saturated heterocycles. The van der Waals surface area contributed by atoms with E-state index in [1.807, 2.05) is 41.2 Å². The minimum absolute atomic E-state index is 0.106. The van der Waals surface area contributed by atoms with E-state index in [1.165, 1.54) is 20.8 Å². The smallest absolute Gasteiger partial charge is 0.275 e. The molecule has 0 aliphatic rings. The lowest BCUT2D eigenvalue weighted by Gasteiger charge is -2.15. The van der Waals surface area contributed by atoms with Crippen LogP contribution in [-0.2, 0) is 14.8 Å². The quantitative estimate of drug-likeness (QED) is 0.626. The summed E-state index contributed by atoms with van der Waals surface area (Å²) in [6, 6.07) is 13.2. The molecule has 2 N–H and O–H groups in total. The molecule has 3 rings (SSSR count). The van der Waals surface area contributed by atoms with Crippen LogP contribution in [0, 0.1) is 13.8 Å². The number of ether oxygens (including phenoxy) is 1. The van der Waals surface area contributed by atoms with Gasteiger partial charge < -0.3 is 9.26 Å². The van der Waals surface area contributed by atoms with Gasteiger partial charge in [-0.2, -0.15) is 0 Å². The number of aromatic nitrogens is 1. The van der Waals surface area contributed by atoms with Crippen molar-refractivity contribution in [1.82, 2.24) is 15.4 Å². The summed E-state index contributed by atoms with van der Waals surface area (Å²) in [5.74, 6) is -0.00173. The molecule has 0 aliphatic carbocycles. The Morgan fingerprint density at radius 3 is 2.52 bits per heavy atom. The summed E-state index contributed by atoms with van der Waals surface area (Å²) in [6.45, 7) is 4.49. The van der Waals surface area contributed by atoms with Crippen molar-refractivity contribution >= 4 is 26.7 Å². The van der Waals surface area contributed by atoms with Crippen molar-refractivity contribution in [2.75, 3.05) is 0 Å². The Kier molecular flexibility index (Phi) is 5.15. The summed E-state index contributed by atoms with van der Waals surface area (Å²) >= 11 is 0. The molecule has 1 aromatic heterocycles. The van der Waals surface area contributed by atoms with Gasteiger partial charge in [0.1, 0.15) is 16.3 Å². The van der Waals surface area contributed by atoms with Crippen molar-refractivity contribution in [3.63, 3.8) is 0 Å². The second kappa shape index (κ2) is 7.37. The van der Waals surface area contributed by atoms with E-state index in [0.717, 1.165) is 10.8 Å². The molecule has 3 aromatic rings. The average Bonchev–Trinajstić information content (AvgIpc) is 2.98. The molecule has 1 amide bonds. The molecule has 0 bridgehead atoms. The molecule has 0 fully saturated rings. The van der Waals surface area contributed by atoms with E-state index < -0.39 is 22.0 Å². The standard InChI is InChI=1S/C18H19N3O5S/c1-11-17(12(2)26-20-11)27(23,24)21-19-18(22)13(3)25-16-9-8-14-6-4-5-7-15(14)10-16/h4-10,13,21H,1-3H3,(H,19,22)/t13-/m0/s1. The van der Waals surface area contributed by atoms with Crippen molar-refractivity contribution < 1.29 is 22.5 Å². The lowest BCUT2D eigenvalue weighted by molar-refractivity contribution is -0.127. The Hall–Kier alpha value is -2.91. The molecule has 142 valence electrons. The fourth-order valence-electron chi connectivity index (χ4n) is 2.63. The number of amides is 1. The Balaban J connectivity index is 1.65. The van der Waals surface area contributed by atoms with Crippen LogP contribution in [0.4, 0.5) is 0 Å². The van der Waals surface area contributed by atoms with Crippen LogP contribution in [0.15, 0.2) is 51.9 Å². The highest BCUT2D eigenvalue weighted by atomic mass is 32.2. The summed E-state index contributed by atoms with van der Waals surface area (Å²) in [5, 5.41) is 5.62. The monoisotopic (exact) mass is 389 g/mol. The highest BCUT2D eigenvalue weighted by Crippen LogP contribution is 2.21. The molecular formula is C18H19N3O5S. The molecule has 1 atom stereocenters. The number of hydrazine groups is 1. The van der Waals surface area contributed by atoms with Crippen molar-refractivity contribution in [1.29, 1.82) is 0 Å². The number of fused-ring (bicyclic) bond motifs is 1. The molecule has 0 radical (unpaired) electrons. The van der Waals surface area contributed by atoms with Crippen LogP contribution >= 0.6 is 0 Å². The average molecular weight is 389 g/mol. The summed E-state index contributed by atoms with van der Waals surface area (Å²) in [7, 11) is -4.00. The fraction of sp³-hybridized carbons (Fsp3) is 0.222. The Morgan fingerprint density at radius 2 is 1.85 bits per heavy atom. The summed E-state index contributed by atoms with van der Waals surface area (Å²) in [4.78, 5) is 14.1. The zero-order chi connectivity index (χ0) is 19.6. The maximum atomic E-state index is 12.3. The van der Waals surface area contributed by atoms with Crippen molar-refractivity contribution in [2.45, 2.75) is 31.8 Å². The van der Waals surface area contributed by atoms with Gasteiger partial charge in [-0.25, -0.2) is 8.42 Å². The molecular weight excluding hydrogens is 370 g/mol. The summed E-state index contributed by atoms with van der Waals surface area (Å²) < 4.78 is 35.1. The SMILES string of the molecule is Cc1noc(C)c1S(=O)(=O)NNC(=O)[C@H](C)Oc1ccc2ccccc2c1. The largest absolute Gasteiger partial charge is 0.481 e. The maximum Gasteiger partial charge on any atom is 0.275 e. The number of benzene rings is 2. The minimum atomic E-state index is -4.00. The van der Waals surface area contributed by atoms with Crippen LogP contribution in [0.3, 0.4) is 0 Å². The molecule has 8 nitrogen and oxygen atoms in total. The second-order valence-corrected chi connectivity index (χ2v) is 7.64. The molecule has 9 heteroatoms. The molecule has 2 aromatic carbocycles. The van der Waals surface area contributed by atoms with Crippen LogP contribution in [0.5, 0.6) is 5.75 Å². The first-order valence-corrected chi connectivity index (χ1v) is 9.66. The van der Waals surface area contributed by atoms with E-state index in [9.17, 15) is 13.2 Å². The van der Waals surface area contributed by atoms with E-state index >= 15 is 0 Å². The van der Waals surface area contributed by atoms with E-state index in [4.69, 9.17) is 9.26 Å². The number of rotatable bonds is 6. The minimum Gasteiger partial charge on any atom is -0.481 e. The van der Waals surface area contributed by atoms with Crippen LogP contribution < -0.4 is 15.0 Å². The van der Waals surface area contributed by atoms with Gasteiger partial charge in [-0.15, -0.1) is 4.83 Å². The van der Waals surface area contributed by atoms with Crippen molar-refractivity contribution in [2.24, 2.45) is 0 Å². The number of aryl methyl sites for hydroxylation is 2. The van der Waals surface area contributed by atoms with E-state index in [1.54, 1.807) is 6.07 Å². The van der Waals surface area contributed by atoms with E-state index in [2.05, 4.69) is 10.6 Å². The van der Waals surface area contributed by atoms with Gasteiger partial charge in [-0.05, 0) is 43.7 Å². The Bertz CT molecular complexity index is 1070. The number of hydrogen-bond acceptors (Lipinski definition) is 6. The normalized spacial score (nSPS) is 12.7. The summed E-state index contributed by atoms with van der Waals surface area (Å²) in [6.07, 6.45) is -0.918. The number of nitrogens with zero attached hydrogens (tertiary/aromatic N) is 1. The van der Waals surface area contributed by atoms with Gasteiger partial charge in [-0.3, -0.25) is 10.2 Å². The Labute approximate surface area is 156 Å². The number of carbonyl (C=O) groups excluding carboxylic acids is 1. The van der Waals surface area contributed by atoms with Crippen molar-refractivity contribution in [3.8, 4) is 5.75 Å². The fourth-order valence-corrected chi connectivity index (χ4v) is 3.81. The van der Waals surface area contributed by atoms with Gasteiger partial charge in [-0.1, -0.05) is 35.5 Å². The molecule has 0 aliphatic heterocycles. The van der Waals surface area contributed by atoms with Crippen molar-refractivity contribution in [3.05, 3.63) is 53.9 Å². The molecule has 1 heterocycles. The third-order valence-corrected chi connectivity index (χ3v) is 5.44. The van der Waals surface area contributed by atoms with Gasteiger partial charge >= 0.3 is 0 Å². The number of sulfonamides is 1. The topological polar surface area (TPSA) is 111 Å². The zero-order valence-electron chi connectivity index (χ0n) is 15.0. The van der Waals surface area contributed by atoms with Gasteiger partial charge in [0.2, 0.25) is 0 Å². The third kappa shape index (κ3) is 4.09. The molecule has 0 unspecified atom stereocenters. The van der Waals surface area contributed by atoms with Crippen LogP contribution in [0.2, 0.25) is 0 Å². The van der Waals surface area contributed by atoms with Crippen LogP contribution in [0.1, 0.15) is 18.4 Å². The van der Waals surface area contributed by atoms with Gasteiger partial charge in [0.25, 0.3) is 15.9 Å². The van der Waals surface area contributed by atoms with Gasteiger partial charge in [0.05, 0.1) is 0 Å². The highest BCUT2D eigenvalue weighted by Gasteiger charge is 2.25. The summed E-state index contributed by atoms with van der Waals surface area (Å²) in [5.41, 5.74) is 2.35. The lowest BCUT2D eigenvalue weighted by atomic mass is 10.1. The first-order valence-electron chi connectivity index (χ1n) is 8.18. The predicted molar refractivity (Wildman–Crippen MR) is 98.5 cm³/mol. The molecule has 0 spiro atoms. The first kappa shape index (κ1) is 18.9. The lowest BCUT2D eigenvalue weighted by Crippen LogP contribution is -2.47. The third-order valence-electron chi connectivity index (χ3n) is 3.95. The zero-order valence-corrected chi connectivity index (χ0v) is 15.8. The Morgan fingerprint density at radius 1 is 1.15 bits per heavy atom. The van der Waals surface area contributed by atoms with E-state index in [0.29, 0.717) is 5.75 Å². The maximum absolute atomic E-state index is 12.3. The molecule has 0 saturated carbocycles. The van der Waals surface area contributed by atoms with Gasteiger partial charge in [0.15, 0.2) is 11.9 Å². The van der Waals surface area contributed by atoms with Crippen LogP contribution in [-0.4, -0.2) is 25.6 Å². The number of nitrogens with one attached hydrogen (secondary N) is 2. The predicted octanol–water partition coefficient (Wildman–Crippen LogP) is 2.22. The number of carbonyl (C=O) groups is 1. The van der Waals surface area contributed by atoms with Crippen LogP contribution in [0.25, 0.3) is 10.8 Å². The first-order chi connectivity index (χ1) is 12.8. The highest BCUT2D eigenvalue weighted by molar-refractivity contribution is 7.89. The van der Waals surface area contributed by atoms with Gasteiger partial charge in [0, 0.05) is 0 Å². The second-order valence-electron chi connectivity index (χ2n) is 6.02. The van der Waals surface area contributed by atoms with E-state index in [-0.39, 0.29) is 16.3 Å². The number of hydrogen-bond donors (Lipinski definition) is 2.